The number of carbonyl (C=O) groups is 1. The van der Waals surface area contributed by atoms with Crippen molar-refractivity contribution in [2.45, 2.75) is 25.7 Å². The van der Waals surface area contributed by atoms with Crippen LogP contribution >= 0.6 is 0 Å². The summed E-state index contributed by atoms with van der Waals surface area (Å²) in [6, 6.07) is 6.01. The van der Waals surface area contributed by atoms with Crippen molar-refractivity contribution in [2.24, 2.45) is 5.92 Å². The van der Waals surface area contributed by atoms with Crippen molar-refractivity contribution in [3.05, 3.63) is 23.8 Å². The summed E-state index contributed by atoms with van der Waals surface area (Å²) in [5.41, 5.74) is 1.18. The van der Waals surface area contributed by atoms with Crippen LogP contribution in [-0.4, -0.2) is 25.7 Å². The summed E-state index contributed by atoms with van der Waals surface area (Å²) in [5, 5.41) is 2.96. The molecule has 1 amide bonds. The van der Waals surface area contributed by atoms with Gasteiger partial charge in [0.1, 0.15) is 13.2 Å². The van der Waals surface area contributed by atoms with E-state index < -0.39 is 0 Å². The highest BCUT2D eigenvalue weighted by Gasteiger charge is 2.44. The molecule has 1 heterocycles. The number of amides is 1. The average Bonchev–Trinajstić information content (AvgIpc) is 3.24. The van der Waals surface area contributed by atoms with E-state index in [1.54, 1.807) is 0 Å². The van der Waals surface area contributed by atoms with Gasteiger partial charge in [0.15, 0.2) is 11.5 Å². The van der Waals surface area contributed by atoms with Gasteiger partial charge in [-0.2, -0.15) is 0 Å². The van der Waals surface area contributed by atoms with Gasteiger partial charge in [0.05, 0.1) is 0 Å². The van der Waals surface area contributed by atoms with E-state index in [0.717, 1.165) is 30.9 Å². The second-order valence-corrected chi connectivity index (χ2v) is 5.14. The third-order valence-corrected chi connectivity index (χ3v) is 3.67. The quantitative estimate of drug-likeness (QED) is 0.902. The highest BCUT2D eigenvalue weighted by molar-refractivity contribution is 5.82. The molecule has 2 aliphatic rings. The van der Waals surface area contributed by atoms with Crippen molar-refractivity contribution in [3.8, 4) is 11.5 Å². The van der Waals surface area contributed by atoms with Gasteiger partial charge in [-0.15, -0.1) is 0 Å². The van der Waals surface area contributed by atoms with Crippen LogP contribution in [0.1, 0.15) is 31.2 Å². The van der Waals surface area contributed by atoms with Crippen LogP contribution in [0.25, 0.3) is 0 Å². The van der Waals surface area contributed by atoms with Crippen molar-refractivity contribution in [2.75, 3.05) is 19.8 Å². The summed E-state index contributed by atoms with van der Waals surface area (Å²) < 4.78 is 11.1. The maximum Gasteiger partial charge on any atom is 0.223 e. The van der Waals surface area contributed by atoms with E-state index in [1.165, 1.54) is 5.56 Å². The highest BCUT2D eigenvalue weighted by Crippen LogP contribution is 2.49. The Hall–Kier alpha value is -1.71. The first-order valence-corrected chi connectivity index (χ1v) is 6.97. The fraction of sp³-hybridized carbons (Fsp3) is 0.533. The van der Waals surface area contributed by atoms with Crippen LogP contribution < -0.4 is 14.8 Å². The van der Waals surface area contributed by atoms with Gasteiger partial charge >= 0.3 is 0 Å². The Kier molecular flexibility index (Phi) is 3.32. The Bertz CT molecular complexity index is 486. The van der Waals surface area contributed by atoms with Crippen LogP contribution in [0.3, 0.4) is 0 Å². The highest BCUT2D eigenvalue weighted by atomic mass is 16.6. The molecule has 4 nitrogen and oxygen atoms in total. The summed E-state index contributed by atoms with van der Waals surface area (Å²) in [6.07, 6.45) is 1.92. The van der Waals surface area contributed by atoms with Crippen LogP contribution in [-0.2, 0) is 4.79 Å². The zero-order valence-corrected chi connectivity index (χ0v) is 11.1. The van der Waals surface area contributed by atoms with E-state index in [0.29, 0.717) is 19.1 Å². The lowest BCUT2D eigenvalue weighted by Crippen LogP contribution is -2.25. The molecule has 1 saturated carbocycles. The molecule has 102 valence electrons. The first-order chi connectivity index (χ1) is 9.29. The molecule has 0 unspecified atom stereocenters. The van der Waals surface area contributed by atoms with Crippen LogP contribution in [0, 0.1) is 5.92 Å². The molecular weight excluding hydrogens is 242 g/mol. The lowest BCUT2D eigenvalue weighted by molar-refractivity contribution is -0.122. The number of hydrogen-bond donors (Lipinski definition) is 1. The van der Waals surface area contributed by atoms with E-state index in [9.17, 15) is 4.79 Å². The van der Waals surface area contributed by atoms with Crippen molar-refractivity contribution < 1.29 is 14.3 Å². The molecule has 0 aromatic heterocycles. The van der Waals surface area contributed by atoms with Gasteiger partial charge in [-0.1, -0.05) is 13.0 Å². The van der Waals surface area contributed by atoms with Crippen LogP contribution in [0.4, 0.5) is 0 Å². The molecule has 0 bridgehead atoms. The predicted octanol–water partition coefficient (Wildman–Crippen LogP) is 2.09. The second kappa shape index (κ2) is 5.11. The molecule has 0 spiro atoms. The minimum atomic E-state index is 0.133. The Labute approximate surface area is 113 Å². The molecule has 1 aromatic rings. The molecular formula is C15H19NO3. The Morgan fingerprint density at radius 1 is 1.32 bits per heavy atom. The summed E-state index contributed by atoms with van der Waals surface area (Å²) in [4.78, 5) is 11.9. The van der Waals surface area contributed by atoms with Crippen LogP contribution in [0.15, 0.2) is 18.2 Å². The first kappa shape index (κ1) is 12.3. The zero-order valence-electron chi connectivity index (χ0n) is 11.1. The lowest BCUT2D eigenvalue weighted by Gasteiger charge is -2.18. The van der Waals surface area contributed by atoms with E-state index in [-0.39, 0.29) is 11.8 Å². The van der Waals surface area contributed by atoms with E-state index in [2.05, 4.69) is 12.2 Å². The molecule has 3 rings (SSSR count). The van der Waals surface area contributed by atoms with E-state index in [4.69, 9.17) is 9.47 Å². The lowest BCUT2D eigenvalue weighted by atomic mass is 10.1. The fourth-order valence-electron chi connectivity index (χ4n) is 2.52. The number of carbonyl (C=O) groups excluding carboxylic acids is 1. The zero-order chi connectivity index (χ0) is 13.2. The summed E-state index contributed by atoms with van der Waals surface area (Å²) in [7, 11) is 0. The molecule has 4 heteroatoms. The number of benzene rings is 1. The van der Waals surface area contributed by atoms with E-state index in [1.807, 2.05) is 18.2 Å². The Morgan fingerprint density at radius 2 is 2.11 bits per heavy atom. The van der Waals surface area contributed by atoms with Crippen LogP contribution in [0.2, 0.25) is 0 Å². The smallest absolute Gasteiger partial charge is 0.223 e. The Balaban J connectivity index is 1.66. The molecule has 1 aliphatic heterocycles. The van der Waals surface area contributed by atoms with Gasteiger partial charge < -0.3 is 14.8 Å². The number of ether oxygens (including phenoxy) is 2. The third-order valence-electron chi connectivity index (χ3n) is 3.67. The third kappa shape index (κ3) is 2.53. The van der Waals surface area contributed by atoms with Crippen molar-refractivity contribution in [1.82, 2.24) is 5.32 Å². The summed E-state index contributed by atoms with van der Waals surface area (Å²) >= 11 is 0. The van der Waals surface area contributed by atoms with Gasteiger partial charge in [-0.3, -0.25) is 4.79 Å². The number of nitrogens with one attached hydrogen (secondary N) is 1. The minimum absolute atomic E-state index is 0.133. The van der Waals surface area contributed by atoms with Crippen molar-refractivity contribution in [1.29, 1.82) is 0 Å². The summed E-state index contributed by atoms with van der Waals surface area (Å²) in [6.45, 7) is 4.04. The molecule has 0 saturated heterocycles. The first-order valence-electron chi connectivity index (χ1n) is 6.97. The normalized spacial score (nSPS) is 23.8. The maximum absolute atomic E-state index is 11.9. The minimum Gasteiger partial charge on any atom is -0.486 e. The SMILES string of the molecule is CCCNC(=O)[C@H]1C[C@H]1c1ccc2c(c1)OCCO2. The Morgan fingerprint density at radius 3 is 2.89 bits per heavy atom. The fourth-order valence-corrected chi connectivity index (χ4v) is 2.52. The largest absolute Gasteiger partial charge is 0.486 e. The molecule has 1 aliphatic carbocycles. The van der Waals surface area contributed by atoms with Crippen molar-refractivity contribution in [3.63, 3.8) is 0 Å². The number of hydrogen-bond acceptors (Lipinski definition) is 3. The molecule has 19 heavy (non-hydrogen) atoms. The predicted molar refractivity (Wildman–Crippen MR) is 71.6 cm³/mol. The van der Waals surface area contributed by atoms with Crippen molar-refractivity contribution >= 4 is 5.91 Å². The molecule has 1 aromatic carbocycles. The maximum atomic E-state index is 11.9. The molecule has 2 atom stereocenters. The second-order valence-electron chi connectivity index (χ2n) is 5.14. The van der Waals surface area contributed by atoms with Gasteiger partial charge in [-0.25, -0.2) is 0 Å². The van der Waals surface area contributed by atoms with Gasteiger partial charge in [0.25, 0.3) is 0 Å². The molecule has 0 radical (unpaired) electrons. The topological polar surface area (TPSA) is 47.6 Å². The van der Waals surface area contributed by atoms with Crippen LogP contribution in [0.5, 0.6) is 11.5 Å². The molecule has 1 fully saturated rings. The number of fused-ring (bicyclic) bond motifs is 1. The monoisotopic (exact) mass is 261 g/mol. The summed E-state index contributed by atoms with van der Waals surface area (Å²) in [5.74, 6) is 2.27. The van der Waals surface area contributed by atoms with Gasteiger partial charge in [-0.05, 0) is 36.5 Å². The molecule has 1 N–H and O–H groups in total. The number of rotatable bonds is 4. The standard InChI is InChI=1S/C15H19NO3/c1-2-5-16-15(17)12-9-11(12)10-3-4-13-14(8-10)19-7-6-18-13/h3-4,8,11-12H,2,5-7,9H2,1H3,(H,16,17)/t11-,12-/m0/s1. The van der Waals surface area contributed by atoms with Gasteiger partial charge in [0, 0.05) is 12.5 Å². The average molecular weight is 261 g/mol. The van der Waals surface area contributed by atoms with Gasteiger partial charge in [0.2, 0.25) is 5.91 Å². The van der Waals surface area contributed by atoms with E-state index >= 15 is 0 Å².